The van der Waals surface area contributed by atoms with Crippen LogP contribution in [0.15, 0.2) is 59.6 Å². The highest BCUT2D eigenvalue weighted by Crippen LogP contribution is 2.25. The maximum Gasteiger partial charge on any atom is 0.193 e. The molecule has 1 saturated heterocycles. The van der Waals surface area contributed by atoms with E-state index in [1.165, 1.54) is 0 Å². The minimum Gasteiger partial charge on any atom is -0.457 e. The van der Waals surface area contributed by atoms with Gasteiger partial charge in [-0.1, -0.05) is 36.4 Å². The second-order valence-corrected chi connectivity index (χ2v) is 6.53. The molecule has 2 aromatic rings. The van der Waals surface area contributed by atoms with Crippen LogP contribution in [-0.4, -0.2) is 44.7 Å². The van der Waals surface area contributed by atoms with Gasteiger partial charge in [-0.2, -0.15) is 0 Å². The number of nitrogens with zero attached hydrogens (tertiary/aromatic N) is 2. The van der Waals surface area contributed by atoms with Gasteiger partial charge in [-0.05, 0) is 24.6 Å². The molecule has 1 fully saturated rings. The van der Waals surface area contributed by atoms with E-state index in [4.69, 9.17) is 9.47 Å². The van der Waals surface area contributed by atoms with Crippen molar-refractivity contribution in [3.8, 4) is 11.5 Å². The number of hydrogen-bond donors (Lipinski definition) is 1. The van der Waals surface area contributed by atoms with Crippen molar-refractivity contribution in [1.82, 2.24) is 10.2 Å². The van der Waals surface area contributed by atoms with Gasteiger partial charge in [0.25, 0.3) is 0 Å². The Balaban J connectivity index is 1.61. The summed E-state index contributed by atoms with van der Waals surface area (Å²) >= 11 is 0. The van der Waals surface area contributed by atoms with Gasteiger partial charge in [0.2, 0.25) is 0 Å². The van der Waals surface area contributed by atoms with E-state index >= 15 is 0 Å². The Bertz CT molecular complexity index is 712. The predicted molar refractivity (Wildman–Crippen MR) is 105 cm³/mol. The van der Waals surface area contributed by atoms with Crippen LogP contribution in [0.3, 0.4) is 0 Å². The van der Waals surface area contributed by atoms with Gasteiger partial charge in [0.15, 0.2) is 5.96 Å². The van der Waals surface area contributed by atoms with E-state index in [0.29, 0.717) is 12.5 Å². The van der Waals surface area contributed by atoms with Crippen LogP contribution in [0.5, 0.6) is 11.5 Å². The topological polar surface area (TPSA) is 46.1 Å². The van der Waals surface area contributed by atoms with E-state index in [0.717, 1.165) is 49.2 Å². The molecule has 0 saturated carbocycles. The molecule has 26 heavy (non-hydrogen) atoms. The van der Waals surface area contributed by atoms with E-state index < -0.39 is 0 Å². The third-order valence-corrected chi connectivity index (χ3v) is 4.51. The zero-order valence-corrected chi connectivity index (χ0v) is 15.5. The first-order valence-corrected chi connectivity index (χ1v) is 9.06. The van der Waals surface area contributed by atoms with E-state index in [1.54, 1.807) is 0 Å². The smallest absolute Gasteiger partial charge is 0.193 e. The highest BCUT2D eigenvalue weighted by Gasteiger charge is 2.19. The Kier molecular flexibility index (Phi) is 6.50. The molecule has 0 aliphatic carbocycles. The molecule has 2 aromatic carbocycles. The van der Waals surface area contributed by atoms with Crippen LogP contribution in [0.2, 0.25) is 0 Å². The van der Waals surface area contributed by atoms with Gasteiger partial charge in [-0.15, -0.1) is 0 Å². The van der Waals surface area contributed by atoms with Gasteiger partial charge in [0, 0.05) is 45.3 Å². The lowest BCUT2D eigenvalue weighted by molar-refractivity contribution is 0.181. The number of para-hydroxylation sites is 2. The van der Waals surface area contributed by atoms with Crippen LogP contribution in [0.25, 0.3) is 0 Å². The number of ether oxygens (including phenoxy) is 2. The van der Waals surface area contributed by atoms with E-state index in [-0.39, 0.29) is 0 Å². The van der Waals surface area contributed by atoms with Crippen LogP contribution in [0, 0.1) is 5.92 Å². The van der Waals surface area contributed by atoms with Crippen molar-refractivity contribution < 1.29 is 9.47 Å². The maximum absolute atomic E-state index is 6.03. The van der Waals surface area contributed by atoms with Gasteiger partial charge in [0.05, 0.1) is 6.61 Å². The molecule has 0 amide bonds. The fraction of sp³-hybridized carbons (Fsp3) is 0.381. The largest absolute Gasteiger partial charge is 0.457 e. The zero-order valence-electron chi connectivity index (χ0n) is 15.5. The third kappa shape index (κ3) is 4.99. The molecule has 5 nitrogen and oxygen atoms in total. The highest BCUT2D eigenvalue weighted by atomic mass is 16.5. The molecule has 1 N–H and O–H groups in total. The van der Waals surface area contributed by atoms with Crippen LogP contribution < -0.4 is 10.1 Å². The first-order chi connectivity index (χ1) is 12.8. The van der Waals surface area contributed by atoms with Crippen LogP contribution in [-0.2, 0) is 11.3 Å². The molecular formula is C21H27N3O2. The summed E-state index contributed by atoms with van der Waals surface area (Å²) in [6.07, 6.45) is 1.12. The van der Waals surface area contributed by atoms with E-state index in [2.05, 4.69) is 28.3 Å². The number of guanidine groups is 1. The second kappa shape index (κ2) is 9.25. The van der Waals surface area contributed by atoms with Crippen molar-refractivity contribution >= 4 is 5.96 Å². The summed E-state index contributed by atoms with van der Waals surface area (Å²) < 4.78 is 11.5. The normalized spacial score (nSPS) is 17.2. The SMILES string of the molecule is CN=C(NCc1ccccc1Oc1ccccc1)N(C)CC1CCOC1. The molecule has 138 valence electrons. The highest BCUT2D eigenvalue weighted by molar-refractivity contribution is 5.79. The summed E-state index contributed by atoms with van der Waals surface area (Å²) in [4.78, 5) is 6.58. The third-order valence-electron chi connectivity index (χ3n) is 4.51. The first-order valence-electron chi connectivity index (χ1n) is 9.06. The maximum atomic E-state index is 6.03. The summed E-state index contributed by atoms with van der Waals surface area (Å²) in [5.41, 5.74) is 1.09. The fourth-order valence-electron chi connectivity index (χ4n) is 3.13. The minimum absolute atomic E-state index is 0.576. The Morgan fingerprint density at radius 2 is 1.96 bits per heavy atom. The summed E-state index contributed by atoms with van der Waals surface area (Å²) in [6.45, 7) is 3.31. The summed E-state index contributed by atoms with van der Waals surface area (Å²) in [7, 11) is 3.89. The number of aliphatic imine (C=N–C) groups is 1. The van der Waals surface area contributed by atoms with Crippen molar-refractivity contribution in [3.63, 3.8) is 0 Å². The van der Waals surface area contributed by atoms with Crippen LogP contribution >= 0.6 is 0 Å². The van der Waals surface area contributed by atoms with Crippen molar-refractivity contribution in [1.29, 1.82) is 0 Å². The molecule has 0 spiro atoms. The molecule has 1 heterocycles. The molecule has 1 aliphatic heterocycles. The van der Waals surface area contributed by atoms with Gasteiger partial charge >= 0.3 is 0 Å². The van der Waals surface area contributed by atoms with Crippen molar-refractivity contribution in [2.24, 2.45) is 10.9 Å². The zero-order chi connectivity index (χ0) is 18.2. The Labute approximate surface area is 155 Å². The molecule has 1 aliphatic rings. The summed E-state index contributed by atoms with van der Waals surface area (Å²) in [5.74, 6) is 3.15. The lowest BCUT2D eigenvalue weighted by atomic mass is 10.1. The fourth-order valence-corrected chi connectivity index (χ4v) is 3.13. The van der Waals surface area contributed by atoms with Gasteiger partial charge in [0.1, 0.15) is 11.5 Å². The first kappa shape index (κ1) is 18.3. The predicted octanol–water partition coefficient (Wildman–Crippen LogP) is 3.52. The Morgan fingerprint density at radius 1 is 1.19 bits per heavy atom. The van der Waals surface area contributed by atoms with E-state index in [1.807, 2.05) is 55.6 Å². The molecule has 1 atom stereocenters. The average molecular weight is 353 g/mol. The van der Waals surface area contributed by atoms with Crippen molar-refractivity contribution in [2.75, 3.05) is 33.9 Å². The molecule has 0 bridgehead atoms. The van der Waals surface area contributed by atoms with Crippen LogP contribution in [0.1, 0.15) is 12.0 Å². The molecule has 0 aromatic heterocycles. The molecule has 5 heteroatoms. The number of rotatable bonds is 6. The van der Waals surface area contributed by atoms with Crippen molar-refractivity contribution in [2.45, 2.75) is 13.0 Å². The van der Waals surface area contributed by atoms with Crippen LogP contribution in [0.4, 0.5) is 0 Å². The number of hydrogen-bond acceptors (Lipinski definition) is 3. The van der Waals surface area contributed by atoms with Gasteiger partial charge < -0.3 is 19.7 Å². The van der Waals surface area contributed by atoms with Gasteiger partial charge in [-0.3, -0.25) is 4.99 Å². The average Bonchev–Trinajstić information content (AvgIpc) is 3.17. The minimum atomic E-state index is 0.576. The van der Waals surface area contributed by atoms with E-state index in [9.17, 15) is 0 Å². The standard InChI is InChI=1S/C21H27N3O2/c1-22-21(24(2)15-17-12-13-25-16-17)23-14-18-8-6-7-11-20(18)26-19-9-4-3-5-10-19/h3-11,17H,12-16H2,1-2H3,(H,22,23). The second-order valence-electron chi connectivity index (χ2n) is 6.53. The van der Waals surface area contributed by atoms with Gasteiger partial charge in [-0.25, -0.2) is 0 Å². The molecule has 1 unspecified atom stereocenters. The number of nitrogens with one attached hydrogen (secondary N) is 1. The molecular weight excluding hydrogens is 326 g/mol. The lowest BCUT2D eigenvalue weighted by Crippen LogP contribution is -2.41. The summed E-state index contributed by atoms with van der Waals surface area (Å²) in [5, 5.41) is 3.44. The van der Waals surface area contributed by atoms with Crippen molar-refractivity contribution in [3.05, 3.63) is 60.2 Å². The quantitative estimate of drug-likeness (QED) is 0.637. The Hall–Kier alpha value is -2.53. The monoisotopic (exact) mass is 353 g/mol. The lowest BCUT2D eigenvalue weighted by Gasteiger charge is -2.24. The number of benzene rings is 2. The molecule has 0 radical (unpaired) electrons. The molecule has 3 rings (SSSR count). The Morgan fingerprint density at radius 3 is 2.69 bits per heavy atom. The summed E-state index contributed by atoms with van der Waals surface area (Å²) in [6, 6.07) is 17.9.